The van der Waals surface area contributed by atoms with Crippen molar-refractivity contribution in [2.24, 2.45) is 0 Å². The second-order valence-corrected chi connectivity index (χ2v) is 4.68. The molecule has 1 aliphatic heterocycles. The van der Waals surface area contributed by atoms with E-state index in [1.807, 2.05) is 20.8 Å². The molecule has 14 heavy (non-hydrogen) atoms. The molecule has 0 aromatic rings. The van der Waals surface area contributed by atoms with E-state index in [-0.39, 0.29) is 12.1 Å². The Labute approximate surface area is 85.4 Å². The Kier molecular flexibility index (Phi) is 3.37. The fourth-order valence-corrected chi connectivity index (χ4v) is 1.44. The van der Waals surface area contributed by atoms with E-state index in [4.69, 9.17) is 4.74 Å². The van der Waals surface area contributed by atoms with E-state index in [9.17, 15) is 4.79 Å². The van der Waals surface area contributed by atoms with E-state index in [0.29, 0.717) is 6.04 Å². The smallest absolute Gasteiger partial charge is 0.407 e. The first kappa shape index (κ1) is 11.3. The van der Waals surface area contributed by atoms with Crippen LogP contribution in [0, 0.1) is 0 Å². The third kappa shape index (κ3) is 3.18. The number of rotatable bonds is 2. The van der Waals surface area contributed by atoms with Crippen molar-refractivity contribution >= 4 is 6.09 Å². The summed E-state index contributed by atoms with van der Waals surface area (Å²) in [5.74, 6) is 0. The van der Waals surface area contributed by atoms with Crippen LogP contribution < -0.4 is 10.6 Å². The summed E-state index contributed by atoms with van der Waals surface area (Å²) in [6, 6.07) is 0.636. The van der Waals surface area contributed by atoms with Crippen molar-refractivity contribution in [3.05, 3.63) is 0 Å². The Morgan fingerprint density at radius 3 is 2.57 bits per heavy atom. The van der Waals surface area contributed by atoms with Gasteiger partial charge in [0.2, 0.25) is 0 Å². The standard InChI is InChI=1S/C10H20N2O2/c1-5-7-8(6-11-7)12-9(13)14-10(2,3)4/h7-8,11H,5-6H2,1-4H3,(H,12,13). The highest BCUT2D eigenvalue weighted by molar-refractivity contribution is 5.68. The maximum absolute atomic E-state index is 11.4. The van der Waals surface area contributed by atoms with Gasteiger partial charge in [0.05, 0.1) is 6.04 Å². The number of ether oxygens (including phenoxy) is 1. The molecule has 82 valence electrons. The van der Waals surface area contributed by atoms with Crippen molar-refractivity contribution in [2.75, 3.05) is 6.54 Å². The first-order valence-electron chi connectivity index (χ1n) is 5.15. The summed E-state index contributed by atoms with van der Waals surface area (Å²) in [5.41, 5.74) is -0.414. The summed E-state index contributed by atoms with van der Waals surface area (Å²) >= 11 is 0. The van der Waals surface area contributed by atoms with E-state index in [1.54, 1.807) is 0 Å². The second-order valence-electron chi connectivity index (χ2n) is 4.68. The van der Waals surface area contributed by atoms with E-state index in [2.05, 4.69) is 17.6 Å². The molecule has 0 radical (unpaired) electrons. The predicted octanol–water partition coefficient (Wildman–Crippen LogP) is 1.26. The topological polar surface area (TPSA) is 50.4 Å². The van der Waals surface area contributed by atoms with Crippen LogP contribution in [-0.4, -0.2) is 30.3 Å². The molecule has 1 heterocycles. The van der Waals surface area contributed by atoms with Gasteiger partial charge in [0.25, 0.3) is 0 Å². The van der Waals surface area contributed by atoms with Crippen molar-refractivity contribution in [1.29, 1.82) is 0 Å². The Balaban J connectivity index is 2.27. The molecule has 0 aliphatic carbocycles. The van der Waals surface area contributed by atoms with Crippen LogP contribution in [-0.2, 0) is 4.74 Å². The number of nitrogens with one attached hydrogen (secondary N) is 2. The molecule has 1 aliphatic rings. The molecule has 0 aromatic carbocycles. The van der Waals surface area contributed by atoms with Crippen LogP contribution in [0.15, 0.2) is 0 Å². The quantitative estimate of drug-likeness (QED) is 0.705. The van der Waals surface area contributed by atoms with Crippen molar-refractivity contribution in [2.45, 2.75) is 51.8 Å². The van der Waals surface area contributed by atoms with Crippen molar-refractivity contribution in [1.82, 2.24) is 10.6 Å². The molecule has 0 spiro atoms. The summed E-state index contributed by atoms with van der Waals surface area (Å²) in [6.45, 7) is 8.53. The van der Waals surface area contributed by atoms with Crippen molar-refractivity contribution in [3.63, 3.8) is 0 Å². The summed E-state index contributed by atoms with van der Waals surface area (Å²) in [6.07, 6.45) is 0.711. The third-order valence-electron chi connectivity index (χ3n) is 2.23. The van der Waals surface area contributed by atoms with Gasteiger partial charge in [-0.3, -0.25) is 0 Å². The largest absolute Gasteiger partial charge is 0.444 e. The number of carbonyl (C=O) groups excluding carboxylic acids is 1. The molecule has 1 amide bonds. The van der Waals surface area contributed by atoms with E-state index in [1.165, 1.54) is 0 Å². The maximum Gasteiger partial charge on any atom is 0.407 e. The first-order valence-corrected chi connectivity index (χ1v) is 5.15. The fraction of sp³-hybridized carbons (Fsp3) is 0.900. The Morgan fingerprint density at radius 1 is 1.57 bits per heavy atom. The molecule has 4 heteroatoms. The average molecular weight is 200 g/mol. The first-order chi connectivity index (χ1) is 6.42. The Morgan fingerprint density at radius 2 is 2.21 bits per heavy atom. The molecular weight excluding hydrogens is 180 g/mol. The SMILES string of the molecule is CCC1NCC1NC(=O)OC(C)(C)C. The zero-order valence-electron chi connectivity index (χ0n) is 9.39. The minimum Gasteiger partial charge on any atom is -0.444 e. The van der Waals surface area contributed by atoms with Crippen molar-refractivity contribution < 1.29 is 9.53 Å². The minimum absolute atomic E-state index is 0.231. The van der Waals surface area contributed by atoms with Gasteiger partial charge < -0.3 is 15.4 Å². The predicted molar refractivity (Wildman–Crippen MR) is 55.2 cm³/mol. The molecule has 2 unspecified atom stereocenters. The fourth-order valence-electron chi connectivity index (χ4n) is 1.44. The molecule has 1 fully saturated rings. The second kappa shape index (κ2) is 4.17. The van der Waals surface area contributed by atoms with Gasteiger partial charge in [-0.25, -0.2) is 4.79 Å². The Hall–Kier alpha value is -0.770. The zero-order chi connectivity index (χ0) is 10.8. The normalized spacial score (nSPS) is 26.6. The number of amides is 1. The van der Waals surface area contributed by atoms with Gasteiger partial charge in [0.1, 0.15) is 5.60 Å². The lowest BCUT2D eigenvalue weighted by atomic mass is 9.98. The van der Waals surface area contributed by atoms with Crippen LogP contribution in [0.25, 0.3) is 0 Å². The molecule has 1 saturated heterocycles. The number of hydrogen-bond acceptors (Lipinski definition) is 3. The highest BCUT2D eigenvalue weighted by atomic mass is 16.6. The van der Waals surface area contributed by atoms with Gasteiger partial charge in [0, 0.05) is 12.6 Å². The number of alkyl carbamates (subject to hydrolysis) is 1. The van der Waals surface area contributed by atoms with Crippen LogP contribution in [0.2, 0.25) is 0 Å². The molecular formula is C10H20N2O2. The molecule has 2 N–H and O–H groups in total. The summed E-state index contributed by atoms with van der Waals surface area (Å²) < 4.78 is 5.16. The highest BCUT2D eigenvalue weighted by Gasteiger charge is 2.31. The van der Waals surface area contributed by atoms with Crippen LogP contribution >= 0.6 is 0 Å². The molecule has 1 rings (SSSR count). The minimum atomic E-state index is -0.414. The average Bonchev–Trinajstić information content (AvgIpc) is 1.96. The van der Waals surface area contributed by atoms with Gasteiger partial charge in [0.15, 0.2) is 0 Å². The van der Waals surface area contributed by atoms with Crippen LogP contribution in [0.5, 0.6) is 0 Å². The van der Waals surface area contributed by atoms with Crippen molar-refractivity contribution in [3.8, 4) is 0 Å². The lowest BCUT2D eigenvalue weighted by molar-refractivity contribution is 0.0462. The summed E-state index contributed by atoms with van der Waals surface area (Å²) in [7, 11) is 0. The highest BCUT2D eigenvalue weighted by Crippen LogP contribution is 2.10. The summed E-state index contributed by atoms with van der Waals surface area (Å²) in [5, 5.41) is 6.09. The summed E-state index contributed by atoms with van der Waals surface area (Å²) in [4.78, 5) is 11.4. The zero-order valence-corrected chi connectivity index (χ0v) is 9.39. The maximum atomic E-state index is 11.4. The van der Waals surface area contributed by atoms with Gasteiger partial charge in [-0.2, -0.15) is 0 Å². The molecule has 0 saturated carbocycles. The molecule has 4 nitrogen and oxygen atoms in total. The lowest BCUT2D eigenvalue weighted by Crippen LogP contribution is -2.64. The van der Waals surface area contributed by atoms with Crippen LogP contribution in [0.1, 0.15) is 34.1 Å². The molecule has 0 bridgehead atoms. The van der Waals surface area contributed by atoms with E-state index < -0.39 is 5.60 Å². The monoisotopic (exact) mass is 200 g/mol. The van der Waals surface area contributed by atoms with Gasteiger partial charge in [-0.1, -0.05) is 6.92 Å². The van der Waals surface area contributed by atoms with Crippen LogP contribution in [0.4, 0.5) is 4.79 Å². The van der Waals surface area contributed by atoms with Gasteiger partial charge in [-0.05, 0) is 27.2 Å². The lowest BCUT2D eigenvalue weighted by Gasteiger charge is -2.38. The number of hydrogen-bond donors (Lipinski definition) is 2. The van der Waals surface area contributed by atoms with Crippen LogP contribution in [0.3, 0.4) is 0 Å². The molecule has 0 aromatic heterocycles. The van der Waals surface area contributed by atoms with E-state index >= 15 is 0 Å². The Bertz CT molecular complexity index is 209. The van der Waals surface area contributed by atoms with Gasteiger partial charge in [-0.15, -0.1) is 0 Å². The van der Waals surface area contributed by atoms with E-state index in [0.717, 1.165) is 13.0 Å². The molecule has 2 atom stereocenters. The third-order valence-corrected chi connectivity index (χ3v) is 2.23. The van der Waals surface area contributed by atoms with Gasteiger partial charge >= 0.3 is 6.09 Å². The number of carbonyl (C=O) groups is 1.